The molecule has 1 aliphatic heterocycles. The molecule has 29 heavy (non-hydrogen) atoms. The van der Waals surface area contributed by atoms with Crippen LogP contribution in [0.4, 0.5) is 5.69 Å². The summed E-state index contributed by atoms with van der Waals surface area (Å²) < 4.78 is 28.4. The minimum absolute atomic E-state index is 0.263. The Morgan fingerprint density at radius 2 is 1.83 bits per heavy atom. The monoisotopic (exact) mass is 475 g/mol. The van der Waals surface area contributed by atoms with Crippen LogP contribution in [-0.2, 0) is 10.0 Å². The van der Waals surface area contributed by atoms with Crippen molar-refractivity contribution in [1.29, 1.82) is 0 Å². The van der Waals surface area contributed by atoms with Crippen molar-refractivity contribution in [2.24, 2.45) is 0 Å². The number of aromatic nitrogens is 1. The number of piperidine rings is 1. The molecule has 7 heteroatoms. The van der Waals surface area contributed by atoms with E-state index >= 15 is 0 Å². The lowest BCUT2D eigenvalue weighted by atomic mass is 10.0. The summed E-state index contributed by atoms with van der Waals surface area (Å²) in [6.45, 7) is 5.60. The van der Waals surface area contributed by atoms with Gasteiger partial charge < -0.3 is 10.2 Å². The molecule has 1 aliphatic rings. The van der Waals surface area contributed by atoms with Crippen molar-refractivity contribution in [1.82, 2.24) is 8.87 Å². The van der Waals surface area contributed by atoms with Crippen molar-refractivity contribution < 1.29 is 8.42 Å². The van der Waals surface area contributed by atoms with Crippen LogP contribution in [0.15, 0.2) is 64.1 Å². The molecule has 0 spiro atoms. The van der Waals surface area contributed by atoms with Crippen LogP contribution in [0.1, 0.15) is 26.2 Å². The summed E-state index contributed by atoms with van der Waals surface area (Å²) in [4.78, 5) is 2.78. The number of benzene rings is 2. The number of hydrogen-bond donors (Lipinski definition) is 1. The number of fused-ring (bicyclic) bond motifs is 1. The smallest absolute Gasteiger partial charge is 0.269 e. The summed E-state index contributed by atoms with van der Waals surface area (Å²) in [5.74, 6) is 0. The van der Waals surface area contributed by atoms with Crippen molar-refractivity contribution in [3.63, 3.8) is 0 Å². The van der Waals surface area contributed by atoms with Gasteiger partial charge in [0.1, 0.15) is 4.90 Å². The van der Waals surface area contributed by atoms with Crippen LogP contribution in [0.25, 0.3) is 10.9 Å². The molecule has 0 aliphatic carbocycles. The number of hydrogen-bond acceptors (Lipinski definition) is 4. The Morgan fingerprint density at radius 3 is 2.55 bits per heavy atom. The van der Waals surface area contributed by atoms with Crippen molar-refractivity contribution >= 4 is 42.5 Å². The molecule has 4 rings (SSSR count). The first-order chi connectivity index (χ1) is 14.0. The highest BCUT2D eigenvalue weighted by Gasteiger charge is 2.23. The molecule has 1 aromatic heterocycles. The van der Waals surface area contributed by atoms with E-state index in [1.165, 1.54) is 10.4 Å². The van der Waals surface area contributed by atoms with E-state index in [1.54, 1.807) is 24.4 Å². The molecule has 0 bridgehead atoms. The van der Waals surface area contributed by atoms with E-state index in [9.17, 15) is 8.42 Å². The fourth-order valence-corrected chi connectivity index (χ4v) is 6.39. The summed E-state index contributed by atoms with van der Waals surface area (Å²) in [7, 11) is -3.68. The highest BCUT2D eigenvalue weighted by molar-refractivity contribution is 9.10. The van der Waals surface area contributed by atoms with Crippen molar-refractivity contribution in [2.45, 2.75) is 37.1 Å². The molecule has 3 aromatic rings. The van der Waals surface area contributed by atoms with Gasteiger partial charge >= 0.3 is 0 Å². The number of likely N-dealkylation sites (tertiary alicyclic amines) is 1. The van der Waals surface area contributed by atoms with E-state index in [0.29, 0.717) is 16.0 Å². The average Bonchev–Trinajstić information content (AvgIpc) is 3.16. The van der Waals surface area contributed by atoms with Gasteiger partial charge in [-0.2, -0.15) is 0 Å². The zero-order valence-corrected chi connectivity index (χ0v) is 18.9. The summed E-state index contributed by atoms with van der Waals surface area (Å²) >= 11 is 3.37. The Bertz CT molecular complexity index is 1100. The van der Waals surface area contributed by atoms with Gasteiger partial charge in [0.15, 0.2) is 0 Å². The predicted octanol–water partition coefficient (Wildman–Crippen LogP) is 4.93. The second-order valence-corrected chi connectivity index (χ2v) is 10.2. The first-order valence-electron chi connectivity index (χ1n) is 10.1. The van der Waals surface area contributed by atoms with Crippen LogP contribution in [0.2, 0.25) is 0 Å². The molecule has 0 atom stereocenters. The van der Waals surface area contributed by atoms with Crippen LogP contribution in [-0.4, -0.2) is 43.0 Å². The topological polar surface area (TPSA) is 54.3 Å². The fourth-order valence-electron chi connectivity index (χ4n) is 4.08. The first-order valence-corrected chi connectivity index (χ1v) is 12.3. The number of nitrogens with one attached hydrogen (secondary N) is 1. The number of anilines is 1. The van der Waals surface area contributed by atoms with E-state index in [4.69, 9.17) is 0 Å². The molecule has 0 amide bonds. The molecule has 0 radical (unpaired) electrons. The molecule has 1 saturated heterocycles. The molecule has 1 N–H and O–H groups in total. The van der Waals surface area contributed by atoms with Crippen molar-refractivity contribution in [3.8, 4) is 0 Å². The van der Waals surface area contributed by atoms with Crippen LogP contribution < -0.4 is 5.32 Å². The Kier molecular flexibility index (Phi) is 5.99. The minimum atomic E-state index is -3.68. The van der Waals surface area contributed by atoms with Gasteiger partial charge in [-0.1, -0.05) is 25.1 Å². The molecule has 5 nitrogen and oxygen atoms in total. The zero-order valence-electron chi connectivity index (χ0n) is 16.5. The Labute approximate surface area is 180 Å². The summed E-state index contributed by atoms with van der Waals surface area (Å²) in [5.41, 5.74) is 1.69. The van der Waals surface area contributed by atoms with Crippen LogP contribution >= 0.6 is 15.9 Å². The van der Waals surface area contributed by atoms with Gasteiger partial charge in [0, 0.05) is 40.9 Å². The van der Waals surface area contributed by atoms with E-state index in [2.05, 4.69) is 33.1 Å². The summed E-state index contributed by atoms with van der Waals surface area (Å²) in [5, 5.41) is 4.59. The van der Waals surface area contributed by atoms with E-state index < -0.39 is 10.0 Å². The molecular weight excluding hydrogens is 450 g/mol. The van der Waals surface area contributed by atoms with Gasteiger partial charge in [0.25, 0.3) is 10.0 Å². The quantitative estimate of drug-likeness (QED) is 0.549. The lowest BCUT2D eigenvalue weighted by Gasteiger charge is -2.32. The molecule has 2 aromatic carbocycles. The molecule has 1 fully saturated rings. The number of rotatable bonds is 6. The van der Waals surface area contributed by atoms with Crippen LogP contribution in [0.5, 0.6) is 0 Å². The molecule has 2 heterocycles. The zero-order chi connectivity index (χ0) is 20.4. The first kappa shape index (κ1) is 20.4. The Morgan fingerprint density at radius 1 is 1.07 bits per heavy atom. The fraction of sp³-hybridized carbons (Fsp3) is 0.364. The number of nitrogens with zero attached hydrogens (tertiary/aromatic N) is 2. The molecule has 0 unspecified atom stereocenters. The third kappa shape index (κ3) is 4.09. The second-order valence-electron chi connectivity index (χ2n) is 7.55. The summed E-state index contributed by atoms with van der Waals surface area (Å²) in [6, 6.07) is 15.0. The Hall–Kier alpha value is -1.83. The van der Waals surface area contributed by atoms with Gasteiger partial charge in [-0.3, -0.25) is 0 Å². The molecule has 0 saturated carbocycles. The average molecular weight is 476 g/mol. The third-order valence-corrected chi connectivity index (χ3v) is 8.26. The second kappa shape index (κ2) is 8.50. The Balaban J connectivity index is 1.62. The van der Waals surface area contributed by atoms with Crippen molar-refractivity contribution in [2.75, 3.05) is 25.0 Å². The minimum Gasteiger partial charge on any atom is -0.382 e. The van der Waals surface area contributed by atoms with Gasteiger partial charge in [-0.05, 0) is 72.1 Å². The normalized spacial score (nSPS) is 16.3. The maximum absolute atomic E-state index is 13.2. The SMILES string of the molecule is CCCN1CCC(Nc2cccc3c2ccn3S(=O)(=O)c2ccccc2Br)CC1. The van der Waals surface area contributed by atoms with Gasteiger partial charge in [0.2, 0.25) is 0 Å². The highest BCUT2D eigenvalue weighted by Crippen LogP contribution is 2.31. The highest BCUT2D eigenvalue weighted by atomic mass is 79.9. The van der Waals surface area contributed by atoms with Gasteiger partial charge in [-0.25, -0.2) is 12.4 Å². The standard InChI is InChI=1S/C22H26BrN3O2S/c1-2-13-25-14-10-17(11-15-25)24-20-7-5-8-21-18(20)12-16-26(21)29(27,28)22-9-4-3-6-19(22)23/h3-9,12,16-17,24H,2,10-11,13-15H2,1H3. The maximum atomic E-state index is 13.2. The third-order valence-electron chi connectivity index (χ3n) is 5.56. The van der Waals surface area contributed by atoms with E-state index in [1.807, 2.05) is 30.3 Å². The molecule has 154 valence electrons. The van der Waals surface area contributed by atoms with Gasteiger partial charge in [0.05, 0.1) is 5.52 Å². The summed E-state index contributed by atoms with van der Waals surface area (Å²) in [6.07, 6.45) is 5.05. The van der Waals surface area contributed by atoms with Gasteiger partial charge in [-0.15, -0.1) is 0 Å². The van der Waals surface area contributed by atoms with Crippen molar-refractivity contribution in [3.05, 3.63) is 59.2 Å². The van der Waals surface area contributed by atoms with Crippen LogP contribution in [0, 0.1) is 0 Å². The van der Waals surface area contributed by atoms with Crippen LogP contribution in [0.3, 0.4) is 0 Å². The largest absolute Gasteiger partial charge is 0.382 e. The van der Waals surface area contributed by atoms with E-state index in [0.717, 1.165) is 43.5 Å². The van der Waals surface area contributed by atoms with E-state index in [-0.39, 0.29) is 4.90 Å². The molecular formula is C22H26BrN3O2S. The predicted molar refractivity (Wildman–Crippen MR) is 122 cm³/mol. The maximum Gasteiger partial charge on any atom is 0.269 e. The lowest BCUT2D eigenvalue weighted by Crippen LogP contribution is -2.39. The lowest BCUT2D eigenvalue weighted by molar-refractivity contribution is 0.219. The number of halogens is 1.